The zero-order valence-corrected chi connectivity index (χ0v) is 10.4. The Morgan fingerprint density at radius 1 is 1.25 bits per heavy atom. The molecular formula is C13H20O3. The van der Waals surface area contributed by atoms with Crippen molar-refractivity contribution in [3.05, 3.63) is 29.3 Å². The Morgan fingerprint density at radius 3 is 2.44 bits per heavy atom. The smallest absolute Gasteiger partial charge is 0.122 e. The highest BCUT2D eigenvalue weighted by atomic mass is 16.5. The Morgan fingerprint density at radius 2 is 1.94 bits per heavy atom. The number of aliphatic hydroxyl groups excluding tert-OH is 1. The van der Waals surface area contributed by atoms with Gasteiger partial charge in [0.05, 0.1) is 20.3 Å². The van der Waals surface area contributed by atoms with Crippen LogP contribution in [0.5, 0.6) is 5.75 Å². The van der Waals surface area contributed by atoms with Crippen molar-refractivity contribution in [2.45, 2.75) is 25.9 Å². The van der Waals surface area contributed by atoms with Crippen LogP contribution in [0.15, 0.2) is 18.2 Å². The average molecular weight is 224 g/mol. The van der Waals surface area contributed by atoms with Gasteiger partial charge in [0.15, 0.2) is 0 Å². The summed E-state index contributed by atoms with van der Waals surface area (Å²) in [6.45, 7) is 4.63. The van der Waals surface area contributed by atoms with E-state index < -0.39 is 0 Å². The molecule has 90 valence electrons. The zero-order chi connectivity index (χ0) is 12.2. The molecule has 0 spiro atoms. The van der Waals surface area contributed by atoms with Crippen LogP contribution < -0.4 is 4.74 Å². The minimum Gasteiger partial charge on any atom is -0.496 e. The van der Waals surface area contributed by atoms with Crippen LogP contribution in [0, 0.1) is 0 Å². The molecule has 0 saturated carbocycles. The molecule has 0 bridgehead atoms. The summed E-state index contributed by atoms with van der Waals surface area (Å²) in [5.74, 6) is 0.805. The maximum atomic E-state index is 9.40. The number of ether oxygens (including phenoxy) is 2. The van der Waals surface area contributed by atoms with Crippen LogP contribution in [0.2, 0.25) is 0 Å². The lowest BCUT2D eigenvalue weighted by Crippen LogP contribution is -2.23. The minimum absolute atomic E-state index is 0.0831. The normalized spacial score (nSPS) is 11.6. The molecule has 0 fully saturated rings. The van der Waals surface area contributed by atoms with Gasteiger partial charge in [-0.15, -0.1) is 0 Å². The fraction of sp³-hybridized carbons (Fsp3) is 0.538. The van der Waals surface area contributed by atoms with E-state index in [1.165, 1.54) is 0 Å². The summed E-state index contributed by atoms with van der Waals surface area (Å²) < 4.78 is 10.4. The predicted octanol–water partition coefficient (Wildman–Crippen LogP) is 2.11. The van der Waals surface area contributed by atoms with Gasteiger partial charge in [-0.05, 0) is 17.7 Å². The Hall–Kier alpha value is -1.06. The highest BCUT2D eigenvalue weighted by molar-refractivity contribution is 5.42. The second-order valence-corrected chi connectivity index (χ2v) is 4.51. The number of hydrogen-bond acceptors (Lipinski definition) is 3. The molecule has 0 heterocycles. The van der Waals surface area contributed by atoms with Crippen molar-refractivity contribution in [1.82, 2.24) is 0 Å². The molecule has 0 radical (unpaired) electrons. The molecule has 0 aliphatic carbocycles. The Labute approximate surface area is 97.0 Å². The lowest BCUT2D eigenvalue weighted by atomic mass is 9.84. The number of benzene rings is 1. The molecule has 3 nitrogen and oxygen atoms in total. The molecule has 16 heavy (non-hydrogen) atoms. The third kappa shape index (κ3) is 2.74. The van der Waals surface area contributed by atoms with E-state index >= 15 is 0 Å². The molecule has 0 aromatic heterocycles. The largest absolute Gasteiger partial charge is 0.496 e. The van der Waals surface area contributed by atoms with Crippen molar-refractivity contribution < 1.29 is 14.6 Å². The number of aliphatic hydroxyl groups is 1. The molecule has 0 saturated heterocycles. The number of methoxy groups -OCH3 is 2. The van der Waals surface area contributed by atoms with Gasteiger partial charge in [-0.1, -0.05) is 19.9 Å². The Balaban J connectivity index is 3.16. The first-order valence-corrected chi connectivity index (χ1v) is 5.32. The number of hydrogen-bond donors (Lipinski definition) is 1. The Kier molecular flexibility index (Phi) is 4.33. The molecule has 3 heteroatoms. The molecule has 0 aliphatic rings. The van der Waals surface area contributed by atoms with E-state index in [-0.39, 0.29) is 12.0 Å². The van der Waals surface area contributed by atoms with Gasteiger partial charge in [0, 0.05) is 18.1 Å². The van der Waals surface area contributed by atoms with Gasteiger partial charge in [-0.3, -0.25) is 0 Å². The maximum Gasteiger partial charge on any atom is 0.122 e. The first-order chi connectivity index (χ1) is 7.55. The quantitative estimate of drug-likeness (QED) is 0.832. The van der Waals surface area contributed by atoms with Crippen molar-refractivity contribution in [3.63, 3.8) is 0 Å². The summed E-state index contributed by atoms with van der Waals surface area (Å²) in [5, 5.41) is 9.40. The Bertz CT molecular complexity index is 345. The van der Waals surface area contributed by atoms with Gasteiger partial charge in [-0.2, -0.15) is 0 Å². The van der Waals surface area contributed by atoms with Crippen LogP contribution in [0.25, 0.3) is 0 Å². The summed E-state index contributed by atoms with van der Waals surface area (Å²) >= 11 is 0. The van der Waals surface area contributed by atoms with Crippen LogP contribution in [0.3, 0.4) is 0 Å². The molecule has 1 aromatic rings. The third-order valence-electron chi connectivity index (χ3n) is 2.70. The van der Waals surface area contributed by atoms with E-state index in [1.54, 1.807) is 14.2 Å². The van der Waals surface area contributed by atoms with Gasteiger partial charge in [0.1, 0.15) is 5.75 Å². The van der Waals surface area contributed by atoms with Gasteiger partial charge in [0.25, 0.3) is 0 Å². The lowest BCUT2D eigenvalue weighted by molar-refractivity contribution is 0.184. The second kappa shape index (κ2) is 5.32. The van der Waals surface area contributed by atoms with Crippen LogP contribution in [0.4, 0.5) is 0 Å². The predicted molar refractivity (Wildman–Crippen MR) is 63.8 cm³/mol. The third-order valence-corrected chi connectivity index (χ3v) is 2.70. The van der Waals surface area contributed by atoms with Gasteiger partial charge >= 0.3 is 0 Å². The van der Waals surface area contributed by atoms with E-state index in [4.69, 9.17) is 9.47 Å². The molecule has 1 rings (SSSR count). The summed E-state index contributed by atoms with van der Waals surface area (Å²) in [6.07, 6.45) is 0. The van der Waals surface area contributed by atoms with Crippen LogP contribution in [0.1, 0.15) is 25.0 Å². The first kappa shape index (κ1) is 13.0. The van der Waals surface area contributed by atoms with Crippen LogP contribution in [-0.4, -0.2) is 25.9 Å². The van der Waals surface area contributed by atoms with E-state index in [0.29, 0.717) is 6.61 Å². The molecular weight excluding hydrogens is 204 g/mol. The van der Waals surface area contributed by atoms with E-state index in [9.17, 15) is 5.11 Å². The molecule has 0 atom stereocenters. The lowest BCUT2D eigenvalue weighted by Gasteiger charge is -2.25. The summed E-state index contributed by atoms with van der Waals surface area (Å²) in [7, 11) is 3.31. The topological polar surface area (TPSA) is 38.7 Å². The molecule has 0 unspecified atom stereocenters. The van der Waals surface area contributed by atoms with Crippen molar-refractivity contribution in [1.29, 1.82) is 0 Å². The standard InChI is InChI=1S/C13H20O3/c1-13(2,9-14)11-7-10(8-15-3)5-6-12(11)16-4/h5-7,14H,8-9H2,1-4H3. The van der Waals surface area contributed by atoms with Gasteiger partial charge in [0.2, 0.25) is 0 Å². The first-order valence-electron chi connectivity index (χ1n) is 5.32. The van der Waals surface area contributed by atoms with Crippen molar-refractivity contribution in [2.24, 2.45) is 0 Å². The average Bonchev–Trinajstić information content (AvgIpc) is 2.29. The van der Waals surface area contributed by atoms with Crippen molar-refractivity contribution in [2.75, 3.05) is 20.8 Å². The fourth-order valence-corrected chi connectivity index (χ4v) is 1.63. The van der Waals surface area contributed by atoms with E-state index in [0.717, 1.165) is 16.9 Å². The highest BCUT2D eigenvalue weighted by Gasteiger charge is 2.23. The van der Waals surface area contributed by atoms with Crippen molar-refractivity contribution >= 4 is 0 Å². The molecule has 1 aromatic carbocycles. The van der Waals surface area contributed by atoms with Crippen molar-refractivity contribution in [3.8, 4) is 5.75 Å². The summed E-state index contributed by atoms with van der Waals surface area (Å²) in [6, 6.07) is 5.92. The maximum absolute atomic E-state index is 9.40. The number of rotatable bonds is 5. The second-order valence-electron chi connectivity index (χ2n) is 4.51. The summed E-state index contributed by atoms with van der Waals surface area (Å²) in [4.78, 5) is 0. The van der Waals surface area contributed by atoms with E-state index in [2.05, 4.69) is 0 Å². The zero-order valence-electron chi connectivity index (χ0n) is 10.4. The highest BCUT2D eigenvalue weighted by Crippen LogP contribution is 2.32. The fourth-order valence-electron chi connectivity index (χ4n) is 1.63. The minimum atomic E-state index is -0.310. The van der Waals surface area contributed by atoms with E-state index in [1.807, 2.05) is 32.0 Å². The van der Waals surface area contributed by atoms with Gasteiger partial charge < -0.3 is 14.6 Å². The molecule has 0 amide bonds. The van der Waals surface area contributed by atoms with Crippen LogP contribution >= 0.6 is 0 Å². The monoisotopic (exact) mass is 224 g/mol. The molecule has 1 N–H and O–H groups in total. The molecule has 0 aliphatic heterocycles. The van der Waals surface area contributed by atoms with Gasteiger partial charge in [-0.25, -0.2) is 0 Å². The van der Waals surface area contributed by atoms with Crippen LogP contribution in [-0.2, 0) is 16.8 Å². The summed E-state index contributed by atoms with van der Waals surface area (Å²) in [5.41, 5.74) is 1.78. The SMILES string of the molecule is COCc1ccc(OC)c(C(C)(C)CO)c1.